The third-order valence-electron chi connectivity index (χ3n) is 3.22. The number of nitrogens with one attached hydrogen (secondary N) is 1. The van der Waals surface area contributed by atoms with E-state index in [9.17, 15) is 0 Å². The van der Waals surface area contributed by atoms with Gasteiger partial charge in [-0.25, -0.2) is 4.68 Å². The van der Waals surface area contributed by atoms with Gasteiger partial charge in [0, 0.05) is 11.1 Å². The Morgan fingerprint density at radius 2 is 1.80 bits per heavy atom. The van der Waals surface area contributed by atoms with Crippen LogP contribution in [0.3, 0.4) is 0 Å². The third kappa shape index (κ3) is 2.42. The van der Waals surface area contributed by atoms with Gasteiger partial charge in [-0.3, -0.25) is 5.10 Å². The fourth-order valence-corrected chi connectivity index (χ4v) is 2.52. The van der Waals surface area contributed by atoms with Crippen molar-refractivity contribution in [2.75, 3.05) is 0 Å². The minimum absolute atomic E-state index is 0.726. The van der Waals surface area contributed by atoms with E-state index in [0.717, 1.165) is 32.2 Å². The number of aryl methyl sites for hydroxylation is 1. The first-order valence-corrected chi connectivity index (χ1v) is 7.08. The van der Waals surface area contributed by atoms with Crippen molar-refractivity contribution < 1.29 is 0 Å². The molecule has 0 bridgehead atoms. The van der Waals surface area contributed by atoms with Crippen molar-refractivity contribution in [2.45, 2.75) is 6.92 Å². The van der Waals surface area contributed by atoms with Crippen molar-refractivity contribution in [3.8, 4) is 16.9 Å². The molecule has 0 aliphatic heterocycles. The first-order valence-electron chi connectivity index (χ1n) is 6.29. The molecule has 4 heteroatoms. The zero-order valence-electron chi connectivity index (χ0n) is 10.9. The lowest BCUT2D eigenvalue weighted by atomic mass is 10.2. The standard InChI is InChI=1S/C16H13ClN2S/c1-11-7-8-13(9-14(11)17)19-16(20)10-15(18-19)12-5-3-2-4-6-12/h2-10,18H,1H3. The molecule has 0 unspecified atom stereocenters. The van der Waals surface area contributed by atoms with Gasteiger partial charge < -0.3 is 0 Å². The molecule has 0 fully saturated rings. The van der Waals surface area contributed by atoms with E-state index in [-0.39, 0.29) is 0 Å². The van der Waals surface area contributed by atoms with E-state index in [1.54, 1.807) is 0 Å². The van der Waals surface area contributed by atoms with Gasteiger partial charge in [0.25, 0.3) is 0 Å². The molecule has 100 valence electrons. The maximum absolute atomic E-state index is 6.18. The second-order valence-electron chi connectivity index (χ2n) is 4.64. The van der Waals surface area contributed by atoms with E-state index < -0.39 is 0 Å². The number of rotatable bonds is 2. The highest BCUT2D eigenvalue weighted by Gasteiger charge is 2.06. The Morgan fingerprint density at radius 3 is 2.50 bits per heavy atom. The fraction of sp³-hybridized carbons (Fsp3) is 0.0625. The lowest BCUT2D eigenvalue weighted by molar-refractivity contribution is 0.872. The molecule has 0 aliphatic carbocycles. The van der Waals surface area contributed by atoms with E-state index in [2.05, 4.69) is 5.10 Å². The number of aromatic amines is 1. The molecule has 0 spiro atoms. The predicted octanol–water partition coefficient (Wildman–Crippen LogP) is 5.16. The van der Waals surface area contributed by atoms with Crippen LogP contribution in [0.15, 0.2) is 54.6 Å². The first kappa shape index (κ1) is 13.2. The number of benzene rings is 2. The molecular weight excluding hydrogens is 288 g/mol. The van der Waals surface area contributed by atoms with Gasteiger partial charge in [0.05, 0.1) is 11.4 Å². The summed E-state index contributed by atoms with van der Waals surface area (Å²) in [6.45, 7) is 1.98. The fourth-order valence-electron chi connectivity index (χ4n) is 2.07. The number of hydrogen-bond acceptors (Lipinski definition) is 1. The molecule has 2 nitrogen and oxygen atoms in total. The Morgan fingerprint density at radius 1 is 1.05 bits per heavy atom. The van der Waals surface area contributed by atoms with Gasteiger partial charge in [0.15, 0.2) is 0 Å². The smallest absolute Gasteiger partial charge is 0.128 e. The summed E-state index contributed by atoms with van der Waals surface area (Å²) in [6.07, 6.45) is 0. The molecular formula is C16H13ClN2S. The summed E-state index contributed by atoms with van der Waals surface area (Å²) in [5.41, 5.74) is 4.09. The average molecular weight is 301 g/mol. The van der Waals surface area contributed by atoms with Crippen LogP contribution in [0.2, 0.25) is 5.02 Å². The number of aromatic nitrogens is 2. The molecule has 0 radical (unpaired) electrons. The molecule has 3 aromatic rings. The molecule has 1 N–H and O–H groups in total. The topological polar surface area (TPSA) is 20.7 Å². The Labute approximate surface area is 127 Å². The monoisotopic (exact) mass is 300 g/mol. The number of nitrogens with zero attached hydrogens (tertiary/aromatic N) is 1. The largest absolute Gasteiger partial charge is 0.292 e. The van der Waals surface area contributed by atoms with Crippen LogP contribution in [0.1, 0.15) is 5.56 Å². The highest BCUT2D eigenvalue weighted by molar-refractivity contribution is 7.71. The summed E-state index contributed by atoms with van der Waals surface area (Å²) in [5, 5.41) is 4.05. The maximum atomic E-state index is 6.18. The molecule has 3 rings (SSSR count). The van der Waals surface area contributed by atoms with E-state index in [4.69, 9.17) is 23.8 Å². The lowest BCUT2D eigenvalue weighted by Gasteiger charge is -2.05. The summed E-state index contributed by atoms with van der Waals surface area (Å²) in [7, 11) is 0. The number of hydrogen-bond donors (Lipinski definition) is 1. The Bertz CT molecular complexity index is 803. The van der Waals surface area contributed by atoms with Crippen LogP contribution < -0.4 is 0 Å². The molecule has 1 heterocycles. The van der Waals surface area contributed by atoms with Gasteiger partial charge >= 0.3 is 0 Å². The number of halogens is 1. The van der Waals surface area contributed by atoms with Crippen molar-refractivity contribution in [3.05, 3.63) is 69.8 Å². The molecule has 0 amide bonds. The zero-order valence-corrected chi connectivity index (χ0v) is 12.5. The van der Waals surface area contributed by atoms with Crippen molar-refractivity contribution in [2.24, 2.45) is 0 Å². The first-order chi connectivity index (χ1) is 9.65. The van der Waals surface area contributed by atoms with E-state index in [1.807, 2.05) is 66.2 Å². The summed E-state index contributed by atoms with van der Waals surface area (Å²) >= 11 is 11.6. The average Bonchev–Trinajstić information content (AvgIpc) is 2.85. The minimum atomic E-state index is 0.726. The third-order valence-corrected chi connectivity index (χ3v) is 3.93. The van der Waals surface area contributed by atoms with E-state index in [1.165, 1.54) is 0 Å². The molecule has 0 saturated carbocycles. The van der Waals surface area contributed by atoms with Crippen LogP contribution in [0.5, 0.6) is 0 Å². The van der Waals surface area contributed by atoms with E-state index >= 15 is 0 Å². The second-order valence-corrected chi connectivity index (χ2v) is 5.47. The van der Waals surface area contributed by atoms with Gasteiger partial charge in [0.2, 0.25) is 0 Å². The summed E-state index contributed by atoms with van der Waals surface area (Å²) in [4.78, 5) is 0. The number of H-pyrrole nitrogens is 1. The molecule has 0 aliphatic rings. The molecule has 0 atom stereocenters. The quantitative estimate of drug-likeness (QED) is 0.648. The van der Waals surface area contributed by atoms with Crippen LogP contribution in [0, 0.1) is 11.6 Å². The van der Waals surface area contributed by atoms with Crippen molar-refractivity contribution >= 4 is 23.8 Å². The van der Waals surface area contributed by atoms with Gasteiger partial charge in [-0.1, -0.05) is 60.2 Å². The molecule has 1 aromatic heterocycles. The van der Waals surface area contributed by atoms with Crippen molar-refractivity contribution in [3.63, 3.8) is 0 Å². The summed E-state index contributed by atoms with van der Waals surface area (Å²) < 4.78 is 2.59. The van der Waals surface area contributed by atoms with Crippen LogP contribution in [-0.4, -0.2) is 9.78 Å². The van der Waals surface area contributed by atoms with Gasteiger partial charge in [-0.2, -0.15) is 0 Å². The Hall–Kier alpha value is -1.84. The minimum Gasteiger partial charge on any atom is -0.292 e. The maximum Gasteiger partial charge on any atom is 0.128 e. The highest BCUT2D eigenvalue weighted by Crippen LogP contribution is 2.22. The SMILES string of the molecule is Cc1ccc(-n2[nH]c(-c3ccccc3)cc2=S)cc1Cl. The molecule has 20 heavy (non-hydrogen) atoms. The van der Waals surface area contributed by atoms with Gasteiger partial charge in [-0.05, 0) is 30.2 Å². The molecule has 2 aromatic carbocycles. The lowest BCUT2D eigenvalue weighted by Crippen LogP contribution is -1.97. The van der Waals surface area contributed by atoms with Crippen LogP contribution in [-0.2, 0) is 0 Å². The summed E-state index contributed by atoms with van der Waals surface area (Å²) in [5.74, 6) is 0. The van der Waals surface area contributed by atoms with Crippen LogP contribution in [0.4, 0.5) is 0 Å². The van der Waals surface area contributed by atoms with Gasteiger partial charge in [-0.15, -0.1) is 0 Å². The normalized spacial score (nSPS) is 10.7. The van der Waals surface area contributed by atoms with Crippen LogP contribution >= 0.6 is 23.8 Å². The zero-order chi connectivity index (χ0) is 14.1. The highest BCUT2D eigenvalue weighted by atomic mass is 35.5. The van der Waals surface area contributed by atoms with Crippen molar-refractivity contribution in [1.82, 2.24) is 9.78 Å². The predicted molar refractivity (Wildman–Crippen MR) is 86.1 cm³/mol. The van der Waals surface area contributed by atoms with Gasteiger partial charge in [0.1, 0.15) is 4.64 Å². The second kappa shape index (κ2) is 5.27. The Kier molecular flexibility index (Phi) is 3.47. The summed E-state index contributed by atoms with van der Waals surface area (Å²) in [6, 6.07) is 18.0. The molecule has 0 saturated heterocycles. The van der Waals surface area contributed by atoms with Crippen LogP contribution in [0.25, 0.3) is 16.9 Å². The van der Waals surface area contributed by atoms with Crippen molar-refractivity contribution in [1.29, 1.82) is 0 Å². The Balaban J connectivity index is 2.10. The van der Waals surface area contributed by atoms with E-state index in [0.29, 0.717) is 0 Å².